The third-order valence-electron chi connectivity index (χ3n) is 3.29. The molecule has 1 heterocycles. The summed E-state index contributed by atoms with van der Waals surface area (Å²) < 4.78 is 0.840. The number of aliphatic imine (C=N–C) groups is 1. The molecule has 1 aliphatic heterocycles. The van der Waals surface area contributed by atoms with E-state index < -0.39 is 4.92 Å². The minimum absolute atomic E-state index is 0.0640. The third-order valence-corrected chi connectivity index (χ3v) is 3.75. The number of nitrogens with one attached hydrogen (secondary N) is 1. The molecular formula is C15H10BrN3O3. The summed E-state index contributed by atoms with van der Waals surface area (Å²) in [6, 6.07) is 9.58. The fourth-order valence-corrected chi connectivity index (χ4v) is 2.88. The van der Waals surface area contributed by atoms with Gasteiger partial charge >= 0.3 is 0 Å². The average molecular weight is 360 g/mol. The van der Waals surface area contributed by atoms with Gasteiger partial charge in [0, 0.05) is 22.2 Å². The first kappa shape index (κ1) is 14.4. The highest BCUT2D eigenvalue weighted by Gasteiger charge is 2.27. The van der Waals surface area contributed by atoms with Gasteiger partial charge < -0.3 is 5.32 Å². The first-order chi connectivity index (χ1) is 10.5. The number of carbonyl (C=O) groups excluding carboxylic acids is 1. The van der Waals surface area contributed by atoms with E-state index in [1.807, 2.05) is 13.0 Å². The summed E-state index contributed by atoms with van der Waals surface area (Å²) in [5.41, 5.74) is 2.87. The molecule has 0 aliphatic carbocycles. The van der Waals surface area contributed by atoms with E-state index in [0.717, 1.165) is 15.7 Å². The van der Waals surface area contributed by atoms with Crippen molar-refractivity contribution in [3.8, 4) is 0 Å². The molecule has 1 N–H and O–H groups in total. The molecule has 7 heteroatoms. The van der Waals surface area contributed by atoms with E-state index in [1.165, 1.54) is 18.2 Å². The van der Waals surface area contributed by atoms with Crippen molar-refractivity contribution in [1.82, 2.24) is 0 Å². The van der Waals surface area contributed by atoms with E-state index in [0.29, 0.717) is 11.3 Å². The van der Waals surface area contributed by atoms with Crippen molar-refractivity contribution in [2.24, 2.45) is 4.99 Å². The van der Waals surface area contributed by atoms with Crippen LogP contribution in [0.5, 0.6) is 0 Å². The van der Waals surface area contributed by atoms with Crippen LogP contribution in [-0.2, 0) is 4.79 Å². The zero-order valence-electron chi connectivity index (χ0n) is 11.5. The second-order valence-corrected chi connectivity index (χ2v) is 5.75. The number of aryl methyl sites for hydroxylation is 1. The van der Waals surface area contributed by atoms with Gasteiger partial charge in [-0.05, 0) is 30.7 Å². The number of benzene rings is 2. The first-order valence-electron chi connectivity index (χ1n) is 6.41. The van der Waals surface area contributed by atoms with Crippen LogP contribution in [0.15, 0.2) is 45.9 Å². The summed E-state index contributed by atoms with van der Waals surface area (Å²) in [5.74, 6) is -0.317. The molecule has 1 amide bonds. The summed E-state index contributed by atoms with van der Waals surface area (Å²) in [4.78, 5) is 26.7. The largest absolute Gasteiger partial charge is 0.320 e. The van der Waals surface area contributed by atoms with Crippen LogP contribution in [0.3, 0.4) is 0 Å². The van der Waals surface area contributed by atoms with E-state index in [4.69, 9.17) is 0 Å². The van der Waals surface area contributed by atoms with Gasteiger partial charge in [0.1, 0.15) is 5.71 Å². The van der Waals surface area contributed by atoms with Crippen LogP contribution >= 0.6 is 15.9 Å². The molecule has 2 aromatic carbocycles. The number of fused-ring (bicyclic) bond motifs is 1. The van der Waals surface area contributed by atoms with E-state index in [-0.39, 0.29) is 17.3 Å². The smallest absolute Gasteiger partial charge is 0.275 e. The van der Waals surface area contributed by atoms with E-state index in [9.17, 15) is 14.9 Å². The lowest BCUT2D eigenvalue weighted by atomic mass is 10.1. The molecule has 6 nitrogen and oxygen atoms in total. The second kappa shape index (κ2) is 5.34. The maximum Gasteiger partial charge on any atom is 0.275 e. The number of carbonyl (C=O) groups is 1. The van der Waals surface area contributed by atoms with Crippen molar-refractivity contribution in [1.29, 1.82) is 0 Å². The van der Waals surface area contributed by atoms with E-state index in [2.05, 4.69) is 26.2 Å². The van der Waals surface area contributed by atoms with Gasteiger partial charge in [-0.3, -0.25) is 14.9 Å². The standard InChI is InChI=1S/C15H10BrN3O3/c1-8-5-9(16)6-12-13(8)18-15(20)14(12)17-10-3-2-4-11(7-10)19(21)22/h2-7H,1H3,(H,17,18,20). The number of rotatable bonds is 2. The Morgan fingerprint density at radius 3 is 2.77 bits per heavy atom. The maximum atomic E-state index is 12.1. The predicted octanol–water partition coefficient (Wildman–Crippen LogP) is 3.74. The Bertz CT molecular complexity index is 846. The van der Waals surface area contributed by atoms with Gasteiger partial charge in [-0.2, -0.15) is 0 Å². The highest BCUT2D eigenvalue weighted by Crippen LogP contribution is 2.32. The van der Waals surface area contributed by atoms with Gasteiger partial charge in [0.25, 0.3) is 11.6 Å². The number of hydrogen-bond donors (Lipinski definition) is 1. The van der Waals surface area contributed by atoms with Crippen LogP contribution in [0, 0.1) is 17.0 Å². The predicted molar refractivity (Wildman–Crippen MR) is 86.8 cm³/mol. The lowest BCUT2D eigenvalue weighted by molar-refractivity contribution is -0.384. The monoisotopic (exact) mass is 359 g/mol. The van der Waals surface area contributed by atoms with Crippen molar-refractivity contribution < 1.29 is 9.72 Å². The molecule has 0 fully saturated rings. The number of anilines is 1. The quantitative estimate of drug-likeness (QED) is 0.654. The lowest BCUT2D eigenvalue weighted by Crippen LogP contribution is -2.14. The van der Waals surface area contributed by atoms with Crippen molar-refractivity contribution in [2.45, 2.75) is 6.92 Å². The molecule has 0 saturated heterocycles. The molecule has 0 bridgehead atoms. The number of amides is 1. The van der Waals surface area contributed by atoms with Crippen molar-refractivity contribution >= 4 is 44.6 Å². The van der Waals surface area contributed by atoms with Crippen molar-refractivity contribution in [3.05, 3.63) is 62.1 Å². The Morgan fingerprint density at radius 2 is 2.05 bits per heavy atom. The zero-order valence-corrected chi connectivity index (χ0v) is 13.0. The molecule has 2 aromatic rings. The molecular weight excluding hydrogens is 350 g/mol. The molecule has 0 saturated carbocycles. The number of nitro benzene ring substituents is 1. The Labute approximate surface area is 134 Å². The molecule has 3 rings (SSSR count). The number of nitrogens with zero attached hydrogens (tertiary/aromatic N) is 2. The van der Waals surface area contributed by atoms with Crippen LogP contribution in [0.1, 0.15) is 11.1 Å². The highest BCUT2D eigenvalue weighted by atomic mass is 79.9. The SMILES string of the molecule is Cc1cc(Br)cc2c1NC(=O)C2=Nc1cccc([N+](=O)[O-])c1. The minimum Gasteiger partial charge on any atom is -0.320 e. The fraction of sp³-hybridized carbons (Fsp3) is 0.0667. The van der Waals surface area contributed by atoms with Gasteiger partial charge in [-0.25, -0.2) is 4.99 Å². The van der Waals surface area contributed by atoms with Crippen LogP contribution in [0.2, 0.25) is 0 Å². The second-order valence-electron chi connectivity index (χ2n) is 4.84. The molecule has 0 radical (unpaired) electrons. The van der Waals surface area contributed by atoms with Crippen molar-refractivity contribution in [2.75, 3.05) is 5.32 Å². The minimum atomic E-state index is -0.493. The van der Waals surface area contributed by atoms with Crippen molar-refractivity contribution in [3.63, 3.8) is 0 Å². The third kappa shape index (κ3) is 2.50. The Balaban J connectivity index is 2.12. The van der Waals surface area contributed by atoms with Crippen LogP contribution < -0.4 is 5.32 Å². The summed E-state index contributed by atoms with van der Waals surface area (Å²) >= 11 is 3.40. The van der Waals surface area contributed by atoms with Gasteiger partial charge in [-0.1, -0.05) is 22.0 Å². The molecule has 22 heavy (non-hydrogen) atoms. The number of hydrogen-bond acceptors (Lipinski definition) is 4. The van der Waals surface area contributed by atoms with Gasteiger partial charge in [0.15, 0.2) is 0 Å². The Hall–Kier alpha value is -2.54. The van der Waals surface area contributed by atoms with Crippen LogP contribution in [0.4, 0.5) is 17.1 Å². The molecule has 0 unspecified atom stereocenters. The molecule has 0 atom stereocenters. The Kier molecular flexibility index (Phi) is 3.50. The van der Waals surface area contributed by atoms with Crippen LogP contribution in [-0.4, -0.2) is 16.5 Å². The summed E-state index contributed by atoms with van der Waals surface area (Å²) in [7, 11) is 0. The Morgan fingerprint density at radius 1 is 1.27 bits per heavy atom. The zero-order chi connectivity index (χ0) is 15.9. The molecule has 1 aliphatic rings. The van der Waals surface area contributed by atoms with Gasteiger partial charge in [-0.15, -0.1) is 0 Å². The van der Waals surface area contributed by atoms with E-state index in [1.54, 1.807) is 12.1 Å². The molecule has 0 aromatic heterocycles. The topological polar surface area (TPSA) is 84.6 Å². The number of non-ortho nitro benzene ring substituents is 1. The van der Waals surface area contributed by atoms with Gasteiger partial charge in [0.05, 0.1) is 16.3 Å². The maximum absolute atomic E-state index is 12.1. The fourth-order valence-electron chi connectivity index (χ4n) is 2.31. The highest BCUT2D eigenvalue weighted by molar-refractivity contribution is 9.10. The summed E-state index contributed by atoms with van der Waals surface area (Å²) in [6.45, 7) is 1.89. The molecule has 110 valence electrons. The average Bonchev–Trinajstić information content (AvgIpc) is 2.77. The number of nitro groups is 1. The van der Waals surface area contributed by atoms with E-state index >= 15 is 0 Å². The summed E-state index contributed by atoms with van der Waals surface area (Å²) in [5, 5.41) is 13.6. The first-order valence-corrected chi connectivity index (χ1v) is 7.20. The van der Waals surface area contributed by atoms with Gasteiger partial charge in [0.2, 0.25) is 0 Å². The summed E-state index contributed by atoms with van der Waals surface area (Å²) in [6.07, 6.45) is 0. The number of halogens is 1. The molecule has 0 spiro atoms. The lowest BCUT2D eigenvalue weighted by Gasteiger charge is -2.03. The van der Waals surface area contributed by atoms with Crippen LogP contribution in [0.25, 0.3) is 0 Å². The normalized spacial score (nSPS) is 14.8.